The third kappa shape index (κ3) is 4.71. The molecular formula is C20H19N3O3. The smallest absolute Gasteiger partial charge is 0.335 e. The first-order valence-corrected chi connectivity index (χ1v) is 8.02. The molecule has 2 aromatic carbocycles. The highest BCUT2D eigenvalue weighted by Crippen LogP contribution is 2.24. The van der Waals surface area contributed by atoms with E-state index in [-0.39, 0.29) is 17.1 Å². The van der Waals surface area contributed by atoms with Gasteiger partial charge in [-0.05, 0) is 41.8 Å². The molecule has 0 heterocycles. The minimum absolute atomic E-state index is 0.0918. The third-order valence-electron chi connectivity index (χ3n) is 3.71. The summed E-state index contributed by atoms with van der Waals surface area (Å²) in [6, 6.07) is 15.3. The van der Waals surface area contributed by atoms with Crippen molar-refractivity contribution in [3.8, 4) is 6.07 Å². The van der Waals surface area contributed by atoms with Crippen molar-refractivity contribution < 1.29 is 14.7 Å². The Morgan fingerprint density at radius 3 is 2.35 bits per heavy atom. The molecule has 6 heteroatoms. The van der Waals surface area contributed by atoms with Crippen LogP contribution in [0.5, 0.6) is 0 Å². The van der Waals surface area contributed by atoms with E-state index in [1.165, 1.54) is 18.3 Å². The molecule has 0 aliphatic carbocycles. The first-order valence-electron chi connectivity index (χ1n) is 8.02. The number of carboxylic acid groups (broad SMARTS) is 1. The fourth-order valence-electron chi connectivity index (χ4n) is 2.32. The van der Waals surface area contributed by atoms with Crippen LogP contribution in [0.1, 0.15) is 35.7 Å². The number of hydrogen-bond donors (Lipinski definition) is 3. The Morgan fingerprint density at radius 1 is 1.12 bits per heavy atom. The maximum absolute atomic E-state index is 12.4. The van der Waals surface area contributed by atoms with E-state index in [9.17, 15) is 14.9 Å². The highest BCUT2D eigenvalue weighted by molar-refractivity contribution is 6.07. The van der Waals surface area contributed by atoms with Gasteiger partial charge < -0.3 is 15.7 Å². The van der Waals surface area contributed by atoms with Crippen molar-refractivity contribution in [1.82, 2.24) is 0 Å². The average Bonchev–Trinajstić information content (AvgIpc) is 2.63. The quantitative estimate of drug-likeness (QED) is 0.541. The molecule has 0 radical (unpaired) electrons. The number of benzene rings is 2. The van der Waals surface area contributed by atoms with Crippen LogP contribution in [0.15, 0.2) is 60.3 Å². The van der Waals surface area contributed by atoms with Gasteiger partial charge in [0.1, 0.15) is 11.6 Å². The number of carbonyl (C=O) groups is 2. The molecule has 2 rings (SSSR count). The average molecular weight is 349 g/mol. The highest BCUT2D eigenvalue weighted by atomic mass is 16.4. The number of aromatic carboxylic acids is 1. The Hall–Kier alpha value is -3.59. The third-order valence-corrected chi connectivity index (χ3v) is 3.71. The first kappa shape index (κ1) is 18.7. The number of rotatable bonds is 6. The molecule has 0 unspecified atom stereocenters. The summed E-state index contributed by atoms with van der Waals surface area (Å²) < 4.78 is 0. The largest absolute Gasteiger partial charge is 0.478 e. The molecule has 6 nitrogen and oxygen atoms in total. The molecule has 0 atom stereocenters. The number of para-hydroxylation sites is 1. The van der Waals surface area contributed by atoms with E-state index in [0.29, 0.717) is 11.4 Å². The maximum Gasteiger partial charge on any atom is 0.335 e. The molecule has 3 N–H and O–H groups in total. The van der Waals surface area contributed by atoms with Crippen LogP contribution < -0.4 is 10.6 Å². The second-order valence-corrected chi connectivity index (χ2v) is 5.89. The van der Waals surface area contributed by atoms with Crippen molar-refractivity contribution >= 4 is 23.3 Å². The van der Waals surface area contributed by atoms with Gasteiger partial charge in [-0.3, -0.25) is 4.79 Å². The van der Waals surface area contributed by atoms with Crippen LogP contribution in [0, 0.1) is 11.3 Å². The van der Waals surface area contributed by atoms with E-state index < -0.39 is 11.9 Å². The van der Waals surface area contributed by atoms with Crippen molar-refractivity contribution in [3.05, 3.63) is 71.4 Å². The molecule has 0 fully saturated rings. The van der Waals surface area contributed by atoms with E-state index in [4.69, 9.17) is 5.11 Å². The minimum atomic E-state index is -1.02. The lowest BCUT2D eigenvalue weighted by atomic mass is 10.0. The van der Waals surface area contributed by atoms with E-state index in [1.54, 1.807) is 18.2 Å². The predicted molar refractivity (Wildman–Crippen MR) is 99.9 cm³/mol. The van der Waals surface area contributed by atoms with Crippen LogP contribution in [0.4, 0.5) is 11.4 Å². The summed E-state index contributed by atoms with van der Waals surface area (Å²) in [4.78, 5) is 23.2. The summed E-state index contributed by atoms with van der Waals surface area (Å²) in [7, 11) is 0. The van der Waals surface area contributed by atoms with Crippen LogP contribution in [0.3, 0.4) is 0 Å². The van der Waals surface area contributed by atoms with Gasteiger partial charge in [0.15, 0.2) is 0 Å². The fraction of sp³-hybridized carbons (Fsp3) is 0.150. The zero-order chi connectivity index (χ0) is 19.1. The van der Waals surface area contributed by atoms with Gasteiger partial charge in [-0.25, -0.2) is 4.79 Å². The van der Waals surface area contributed by atoms with Gasteiger partial charge in [0.05, 0.1) is 5.56 Å². The number of nitrogens with zero attached hydrogens (tertiary/aromatic N) is 1. The zero-order valence-corrected chi connectivity index (χ0v) is 14.5. The molecule has 0 bridgehead atoms. The highest BCUT2D eigenvalue weighted by Gasteiger charge is 2.13. The number of nitriles is 1. The van der Waals surface area contributed by atoms with Crippen molar-refractivity contribution in [1.29, 1.82) is 5.26 Å². The second kappa shape index (κ2) is 8.49. The minimum Gasteiger partial charge on any atom is -0.478 e. The molecule has 0 aliphatic rings. The van der Waals surface area contributed by atoms with Crippen LogP contribution in [-0.4, -0.2) is 17.0 Å². The van der Waals surface area contributed by atoms with Crippen molar-refractivity contribution in [2.75, 3.05) is 10.6 Å². The normalized spacial score (nSPS) is 10.9. The monoisotopic (exact) mass is 349 g/mol. The Bertz CT molecular complexity index is 878. The Labute approximate surface area is 151 Å². The van der Waals surface area contributed by atoms with E-state index >= 15 is 0 Å². The summed E-state index contributed by atoms with van der Waals surface area (Å²) in [5, 5.41) is 23.7. The number of amides is 1. The van der Waals surface area contributed by atoms with Gasteiger partial charge in [0, 0.05) is 17.6 Å². The van der Waals surface area contributed by atoms with Crippen LogP contribution in [0.25, 0.3) is 0 Å². The number of anilines is 2. The Morgan fingerprint density at radius 2 is 1.77 bits per heavy atom. The zero-order valence-electron chi connectivity index (χ0n) is 14.5. The van der Waals surface area contributed by atoms with Gasteiger partial charge in [-0.2, -0.15) is 5.26 Å². The van der Waals surface area contributed by atoms with Crippen molar-refractivity contribution in [2.24, 2.45) is 0 Å². The Balaban J connectivity index is 2.12. The summed E-state index contributed by atoms with van der Waals surface area (Å²) in [5.74, 6) is -1.31. The van der Waals surface area contributed by atoms with Crippen LogP contribution in [-0.2, 0) is 4.79 Å². The topological polar surface area (TPSA) is 102 Å². The van der Waals surface area contributed by atoms with Crippen molar-refractivity contribution in [2.45, 2.75) is 19.8 Å². The van der Waals surface area contributed by atoms with Crippen LogP contribution >= 0.6 is 0 Å². The standard InChI is InChI=1S/C20H19N3O3/c1-13(2)17-5-3-4-6-18(17)23-19(24)15(11-21)12-22-16-9-7-14(8-10-16)20(25)26/h3-10,12-13,22H,1-2H3,(H,23,24)(H,25,26)/b15-12-. The second-order valence-electron chi connectivity index (χ2n) is 5.89. The number of carboxylic acids is 1. The molecule has 0 aliphatic heterocycles. The molecule has 1 amide bonds. The number of carbonyl (C=O) groups excluding carboxylic acids is 1. The van der Waals surface area contributed by atoms with E-state index in [2.05, 4.69) is 10.6 Å². The lowest BCUT2D eigenvalue weighted by molar-refractivity contribution is -0.112. The molecule has 2 aromatic rings. The SMILES string of the molecule is CC(C)c1ccccc1NC(=O)/C(C#N)=C\Nc1ccc(C(=O)O)cc1. The molecule has 0 spiro atoms. The van der Waals surface area contributed by atoms with Gasteiger partial charge in [-0.15, -0.1) is 0 Å². The molecule has 26 heavy (non-hydrogen) atoms. The summed E-state index contributed by atoms with van der Waals surface area (Å²) >= 11 is 0. The summed E-state index contributed by atoms with van der Waals surface area (Å²) in [6.45, 7) is 4.04. The Kier molecular flexibility index (Phi) is 6.12. The maximum atomic E-state index is 12.4. The lowest BCUT2D eigenvalue weighted by Crippen LogP contribution is -2.16. The fourth-order valence-corrected chi connectivity index (χ4v) is 2.32. The van der Waals surface area contributed by atoms with E-state index in [0.717, 1.165) is 5.56 Å². The first-order chi connectivity index (χ1) is 12.4. The summed E-state index contributed by atoms with van der Waals surface area (Å²) in [6.07, 6.45) is 1.29. The van der Waals surface area contributed by atoms with Gasteiger partial charge >= 0.3 is 5.97 Å². The van der Waals surface area contributed by atoms with Crippen molar-refractivity contribution in [3.63, 3.8) is 0 Å². The van der Waals surface area contributed by atoms with Crippen LogP contribution in [0.2, 0.25) is 0 Å². The molecular weight excluding hydrogens is 330 g/mol. The van der Waals surface area contributed by atoms with Gasteiger partial charge in [0.2, 0.25) is 0 Å². The molecule has 0 aromatic heterocycles. The molecule has 0 saturated carbocycles. The number of hydrogen-bond acceptors (Lipinski definition) is 4. The number of nitrogens with one attached hydrogen (secondary N) is 2. The summed E-state index contributed by atoms with van der Waals surface area (Å²) in [5.41, 5.74) is 2.28. The molecule has 132 valence electrons. The van der Waals surface area contributed by atoms with Gasteiger partial charge in [-0.1, -0.05) is 32.0 Å². The molecule has 0 saturated heterocycles. The van der Waals surface area contributed by atoms with Gasteiger partial charge in [0.25, 0.3) is 5.91 Å². The van der Waals surface area contributed by atoms with E-state index in [1.807, 2.05) is 38.1 Å². The predicted octanol–water partition coefficient (Wildman–Crippen LogP) is 3.97. The lowest BCUT2D eigenvalue weighted by Gasteiger charge is -2.13.